The van der Waals surface area contributed by atoms with Crippen LogP contribution >= 0.6 is 23.1 Å². The second kappa shape index (κ2) is 8.16. The van der Waals surface area contributed by atoms with Crippen LogP contribution in [-0.4, -0.2) is 46.7 Å². The van der Waals surface area contributed by atoms with Gasteiger partial charge in [-0.05, 0) is 11.4 Å². The number of carbonyl (C=O) groups is 1. The van der Waals surface area contributed by atoms with Crippen LogP contribution in [0.5, 0.6) is 0 Å². The second-order valence-corrected chi connectivity index (χ2v) is 6.32. The van der Waals surface area contributed by atoms with E-state index < -0.39 is 0 Å². The maximum atomic E-state index is 11.6. The Balaban J connectivity index is 1.84. The summed E-state index contributed by atoms with van der Waals surface area (Å²) in [6, 6.07) is 4.10. The Morgan fingerprint density at radius 2 is 2.38 bits per heavy atom. The summed E-state index contributed by atoms with van der Waals surface area (Å²) in [5, 5.41) is 13.9. The number of amides is 1. The van der Waals surface area contributed by atoms with E-state index in [0.717, 1.165) is 17.4 Å². The summed E-state index contributed by atoms with van der Waals surface area (Å²) in [4.78, 5) is 12.9. The average Bonchev–Trinajstić information content (AvgIpc) is 3.09. The number of thioether (sulfide) groups is 1. The van der Waals surface area contributed by atoms with Crippen molar-refractivity contribution < 1.29 is 9.53 Å². The standard InChI is InChI=1S/C13H18N4O2S2/c1-17-11(8-10-4-3-7-20-10)15-16-13(17)21-9-12(18)14-5-6-19-2/h3-4,7H,5-6,8-9H2,1-2H3,(H,14,18). The summed E-state index contributed by atoms with van der Waals surface area (Å²) in [5.41, 5.74) is 0. The zero-order valence-electron chi connectivity index (χ0n) is 12.0. The van der Waals surface area contributed by atoms with Crippen molar-refractivity contribution >= 4 is 29.0 Å². The minimum absolute atomic E-state index is 0.0279. The third-order valence-corrected chi connectivity index (χ3v) is 4.69. The monoisotopic (exact) mass is 326 g/mol. The van der Waals surface area contributed by atoms with Crippen molar-refractivity contribution in [2.45, 2.75) is 11.6 Å². The number of hydrogen-bond acceptors (Lipinski definition) is 6. The Bertz CT molecular complexity index is 569. The number of carbonyl (C=O) groups excluding carboxylic acids is 1. The number of hydrogen-bond donors (Lipinski definition) is 1. The van der Waals surface area contributed by atoms with Gasteiger partial charge in [0.25, 0.3) is 0 Å². The highest BCUT2D eigenvalue weighted by Crippen LogP contribution is 2.18. The number of aromatic nitrogens is 3. The molecule has 2 aromatic heterocycles. The van der Waals surface area contributed by atoms with Crippen molar-refractivity contribution in [1.82, 2.24) is 20.1 Å². The van der Waals surface area contributed by atoms with Crippen molar-refractivity contribution in [1.29, 1.82) is 0 Å². The van der Waals surface area contributed by atoms with Crippen LogP contribution in [0.1, 0.15) is 10.7 Å². The summed E-state index contributed by atoms with van der Waals surface area (Å²) >= 11 is 3.09. The highest BCUT2D eigenvalue weighted by molar-refractivity contribution is 7.99. The van der Waals surface area contributed by atoms with Crippen LogP contribution in [0.15, 0.2) is 22.7 Å². The zero-order chi connectivity index (χ0) is 15.1. The van der Waals surface area contributed by atoms with E-state index in [2.05, 4.69) is 21.6 Å². The van der Waals surface area contributed by atoms with Gasteiger partial charge in [-0.25, -0.2) is 0 Å². The quantitative estimate of drug-likeness (QED) is 0.585. The molecule has 1 amide bonds. The molecule has 2 rings (SSSR count). The summed E-state index contributed by atoms with van der Waals surface area (Å²) in [7, 11) is 3.53. The van der Waals surface area contributed by atoms with Crippen molar-refractivity contribution in [3.8, 4) is 0 Å². The Kier molecular flexibility index (Phi) is 6.21. The van der Waals surface area contributed by atoms with E-state index in [9.17, 15) is 4.79 Å². The Labute approximate surface area is 131 Å². The van der Waals surface area contributed by atoms with Gasteiger partial charge >= 0.3 is 0 Å². The molecule has 114 valence electrons. The molecule has 0 saturated carbocycles. The molecule has 0 bridgehead atoms. The van der Waals surface area contributed by atoms with Gasteiger partial charge < -0.3 is 14.6 Å². The summed E-state index contributed by atoms with van der Waals surface area (Å²) in [6.07, 6.45) is 0.766. The van der Waals surface area contributed by atoms with Crippen LogP contribution in [0.2, 0.25) is 0 Å². The second-order valence-electron chi connectivity index (χ2n) is 4.35. The fourth-order valence-corrected chi connectivity index (χ4v) is 3.13. The molecule has 0 radical (unpaired) electrons. The van der Waals surface area contributed by atoms with Gasteiger partial charge in [-0.3, -0.25) is 4.79 Å². The molecule has 2 aromatic rings. The van der Waals surface area contributed by atoms with Crippen LogP contribution in [0.4, 0.5) is 0 Å². The lowest BCUT2D eigenvalue weighted by Gasteiger charge is -2.04. The Hall–Kier alpha value is -1.38. The molecule has 21 heavy (non-hydrogen) atoms. The van der Waals surface area contributed by atoms with E-state index in [1.165, 1.54) is 16.6 Å². The van der Waals surface area contributed by atoms with Crippen LogP contribution in [-0.2, 0) is 23.0 Å². The highest BCUT2D eigenvalue weighted by atomic mass is 32.2. The number of nitrogens with one attached hydrogen (secondary N) is 1. The van der Waals surface area contributed by atoms with E-state index >= 15 is 0 Å². The smallest absolute Gasteiger partial charge is 0.230 e. The molecule has 0 saturated heterocycles. The first kappa shape index (κ1) is 16.0. The first-order valence-electron chi connectivity index (χ1n) is 6.49. The fraction of sp³-hybridized carbons (Fsp3) is 0.462. The van der Waals surface area contributed by atoms with Crippen LogP contribution in [0.25, 0.3) is 0 Å². The summed E-state index contributed by atoms with van der Waals surface area (Å²) in [6.45, 7) is 1.05. The molecule has 0 atom stereocenters. The van der Waals surface area contributed by atoms with Gasteiger partial charge in [-0.1, -0.05) is 17.8 Å². The van der Waals surface area contributed by atoms with Gasteiger partial charge in [0.05, 0.1) is 12.4 Å². The van der Waals surface area contributed by atoms with Gasteiger partial charge in [0.2, 0.25) is 5.91 Å². The first-order chi connectivity index (χ1) is 10.2. The van der Waals surface area contributed by atoms with E-state index in [1.54, 1.807) is 18.4 Å². The van der Waals surface area contributed by atoms with Crippen molar-refractivity contribution in [3.05, 3.63) is 28.2 Å². The van der Waals surface area contributed by atoms with Gasteiger partial charge in [0.1, 0.15) is 5.82 Å². The minimum Gasteiger partial charge on any atom is -0.383 e. The van der Waals surface area contributed by atoms with Crippen molar-refractivity contribution in [2.24, 2.45) is 7.05 Å². The molecule has 0 aromatic carbocycles. The van der Waals surface area contributed by atoms with E-state index in [0.29, 0.717) is 18.9 Å². The summed E-state index contributed by atoms with van der Waals surface area (Å²) < 4.78 is 6.82. The topological polar surface area (TPSA) is 69.0 Å². The lowest BCUT2D eigenvalue weighted by molar-refractivity contribution is -0.118. The third kappa shape index (κ3) is 4.83. The van der Waals surface area contributed by atoms with Crippen LogP contribution in [0, 0.1) is 0 Å². The van der Waals surface area contributed by atoms with Gasteiger partial charge in [-0.2, -0.15) is 0 Å². The predicted octanol–water partition coefficient (Wildman–Crippen LogP) is 1.32. The number of rotatable bonds is 8. The molecule has 0 aliphatic heterocycles. The van der Waals surface area contributed by atoms with Gasteiger partial charge in [0, 0.05) is 32.0 Å². The summed E-state index contributed by atoms with van der Waals surface area (Å²) in [5.74, 6) is 1.20. The maximum Gasteiger partial charge on any atom is 0.230 e. The molecule has 8 heteroatoms. The van der Waals surface area contributed by atoms with Crippen molar-refractivity contribution in [3.63, 3.8) is 0 Å². The first-order valence-corrected chi connectivity index (χ1v) is 8.36. The zero-order valence-corrected chi connectivity index (χ0v) is 13.7. The Morgan fingerprint density at radius 3 is 3.10 bits per heavy atom. The lowest BCUT2D eigenvalue weighted by Crippen LogP contribution is -2.28. The molecular weight excluding hydrogens is 308 g/mol. The maximum absolute atomic E-state index is 11.6. The number of thiophene rings is 1. The minimum atomic E-state index is -0.0279. The molecule has 0 spiro atoms. The van der Waals surface area contributed by atoms with E-state index in [4.69, 9.17) is 4.74 Å². The molecule has 0 aliphatic carbocycles. The molecule has 0 aliphatic rings. The number of methoxy groups -OCH3 is 1. The molecule has 0 unspecified atom stereocenters. The molecule has 1 N–H and O–H groups in total. The molecular formula is C13H18N4O2S2. The largest absolute Gasteiger partial charge is 0.383 e. The molecule has 2 heterocycles. The molecule has 0 fully saturated rings. The average molecular weight is 326 g/mol. The predicted molar refractivity (Wildman–Crippen MR) is 83.7 cm³/mol. The lowest BCUT2D eigenvalue weighted by atomic mass is 10.3. The molecule has 6 nitrogen and oxygen atoms in total. The van der Waals surface area contributed by atoms with Crippen molar-refractivity contribution in [2.75, 3.05) is 26.0 Å². The Morgan fingerprint density at radius 1 is 1.52 bits per heavy atom. The van der Waals surface area contributed by atoms with E-state index in [-0.39, 0.29) is 5.91 Å². The van der Waals surface area contributed by atoms with Gasteiger partial charge in [-0.15, -0.1) is 21.5 Å². The fourth-order valence-electron chi connectivity index (χ4n) is 1.67. The van der Waals surface area contributed by atoms with E-state index in [1.807, 2.05) is 23.1 Å². The number of nitrogens with zero attached hydrogens (tertiary/aromatic N) is 3. The third-order valence-electron chi connectivity index (χ3n) is 2.80. The number of ether oxygens (including phenoxy) is 1. The SMILES string of the molecule is COCCNC(=O)CSc1nnc(Cc2cccs2)n1C. The van der Waals surface area contributed by atoms with Crippen LogP contribution in [0.3, 0.4) is 0 Å². The normalized spacial score (nSPS) is 10.8. The van der Waals surface area contributed by atoms with Gasteiger partial charge in [0.15, 0.2) is 5.16 Å². The highest BCUT2D eigenvalue weighted by Gasteiger charge is 2.12. The van der Waals surface area contributed by atoms with Crippen LogP contribution < -0.4 is 5.32 Å².